The number of amides is 1. The number of halogens is 2. The van der Waals surface area contributed by atoms with Crippen molar-refractivity contribution in [3.05, 3.63) is 23.8 Å². The van der Waals surface area contributed by atoms with Gasteiger partial charge in [-0.05, 0) is 25.1 Å². The fraction of sp³-hybridized carbons (Fsp3) is 0.364. The summed E-state index contributed by atoms with van der Waals surface area (Å²) in [6.45, 7) is 1.33. The van der Waals surface area contributed by atoms with Crippen molar-refractivity contribution in [1.29, 1.82) is 0 Å². The summed E-state index contributed by atoms with van der Waals surface area (Å²) in [6, 6.07) is 3.31. The SMILES string of the molecule is COc1ccc(C(N)=O)cc1NC(C)C(F)F. The molecule has 0 bridgehead atoms. The molecule has 6 heteroatoms. The van der Waals surface area contributed by atoms with E-state index in [9.17, 15) is 13.6 Å². The van der Waals surface area contributed by atoms with Crippen LogP contribution in [0.5, 0.6) is 5.75 Å². The zero-order chi connectivity index (χ0) is 13.0. The fourth-order valence-corrected chi connectivity index (χ4v) is 1.28. The molecule has 4 nitrogen and oxygen atoms in total. The Bertz CT molecular complexity index is 410. The Balaban J connectivity index is 3.02. The van der Waals surface area contributed by atoms with Gasteiger partial charge in [0, 0.05) is 5.56 Å². The van der Waals surface area contributed by atoms with Gasteiger partial charge < -0.3 is 15.8 Å². The third-order valence-corrected chi connectivity index (χ3v) is 2.25. The zero-order valence-electron chi connectivity index (χ0n) is 9.54. The first-order valence-corrected chi connectivity index (χ1v) is 4.98. The number of methoxy groups -OCH3 is 1. The third-order valence-electron chi connectivity index (χ3n) is 2.25. The highest BCUT2D eigenvalue weighted by Crippen LogP contribution is 2.26. The molecule has 94 valence electrons. The molecule has 0 radical (unpaired) electrons. The van der Waals surface area contributed by atoms with Gasteiger partial charge in [0.1, 0.15) is 5.75 Å². The van der Waals surface area contributed by atoms with E-state index in [2.05, 4.69) is 5.32 Å². The van der Waals surface area contributed by atoms with E-state index < -0.39 is 18.4 Å². The second-order valence-corrected chi connectivity index (χ2v) is 3.55. The van der Waals surface area contributed by atoms with E-state index in [0.29, 0.717) is 11.4 Å². The topological polar surface area (TPSA) is 64.3 Å². The summed E-state index contributed by atoms with van der Waals surface area (Å²) in [4.78, 5) is 11.0. The molecule has 17 heavy (non-hydrogen) atoms. The molecule has 0 aliphatic heterocycles. The number of nitrogens with two attached hydrogens (primary N) is 1. The van der Waals surface area contributed by atoms with Gasteiger partial charge in [0.05, 0.1) is 18.8 Å². The van der Waals surface area contributed by atoms with Gasteiger partial charge in [0.15, 0.2) is 0 Å². The Kier molecular flexibility index (Phi) is 4.25. The van der Waals surface area contributed by atoms with Crippen LogP contribution in [0.2, 0.25) is 0 Å². The smallest absolute Gasteiger partial charge is 0.258 e. The average Bonchev–Trinajstić information content (AvgIpc) is 2.28. The largest absolute Gasteiger partial charge is 0.495 e. The third kappa shape index (κ3) is 3.30. The summed E-state index contributed by atoms with van der Waals surface area (Å²) >= 11 is 0. The van der Waals surface area contributed by atoms with Crippen molar-refractivity contribution >= 4 is 11.6 Å². The molecule has 1 unspecified atom stereocenters. The van der Waals surface area contributed by atoms with Crippen LogP contribution >= 0.6 is 0 Å². The maximum absolute atomic E-state index is 12.4. The molecule has 1 aromatic rings. The highest BCUT2D eigenvalue weighted by molar-refractivity contribution is 5.94. The van der Waals surface area contributed by atoms with E-state index in [-0.39, 0.29) is 5.56 Å². The van der Waals surface area contributed by atoms with E-state index in [1.807, 2.05) is 0 Å². The molecule has 0 aliphatic carbocycles. The molecular weight excluding hydrogens is 230 g/mol. The van der Waals surface area contributed by atoms with Crippen LogP contribution in [0.25, 0.3) is 0 Å². The molecule has 1 atom stereocenters. The molecule has 0 saturated heterocycles. The first-order valence-electron chi connectivity index (χ1n) is 4.98. The summed E-state index contributed by atoms with van der Waals surface area (Å²) in [5.74, 6) is -0.247. The number of hydrogen-bond donors (Lipinski definition) is 2. The Morgan fingerprint density at radius 1 is 1.47 bits per heavy atom. The second kappa shape index (κ2) is 5.47. The van der Waals surface area contributed by atoms with Crippen LogP contribution in [0, 0.1) is 0 Å². The number of hydrogen-bond acceptors (Lipinski definition) is 3. The van der Waals surface area contributed by atoms with Crippen LogP contribution in [0.3, 0.4) is 0 Å². The van der Waals surface area contributed by atoms with Gasteiger partial charge in [-0.25, -0.2) is 8.78 Å². The predicted octanol–water partition coefficient (Wildman–Crippen LogP) is 1.86. The van der Waals surface area contributed by atoms with Gasteiger partial charge in [0.2, 0.25) is 5.91 Å². The summed E-state index contributed by atoms with van der Waals surface area (Å²) in [6.07, 6.45) is -2.52. The van der Waals surface area contributed by atoms with E-state index >= 15 is 0 Å². The van der Waals surface area contributed by atoms with Crippen LogP contribution in [0.4, 0.5) is 14.5 Å². The summed E-state index contributed by atoms with van der Waals surface area (Å²) in [5.41, 5.74) is 5.66. The highest BCUT2D eigenvalue weighted by Gasteiger charge is 2.16. The molecule has 1 aromatic carbocycles. The van der Waals surface area contributed by atoms with Crippen molar-refractivity contribution < 1.29 is 18.3 Å². The molecule has 1 amide bonds. The lowest BCUT2D eigenvalue weighted by atomic mass is 10.1. The quantitative estimate of drug-likeness (QED) is 0.830. The van der Waals surface area contributed by atoms with Crippen LogP contribution in [-0.4, -0.2) is 25.5 Å². The van der Waals surface area contributed by atoms with Gasteiger partial charge in [-0.15, -0.1) is 0 Å². The van der Waals surface area contributed by atoms with Gasteiger partial charge in [-0.3, -0.25) is 4.79 Å². The molecule has 0 fully saturated rings. The maximum atomic E-state index is 12.4. The highest BCUT2D eigenvalue weighted by atomic mass is 19.3. The van der Waals surface area contributed by atoms with Crippen molar-refractivity contribution in [3.8, 4) is 5.75 Å². The number of anilines is 1. The van der Waals surface area contributed by atoms with E-state index in [4.69, 9.17) is 10.5 Å². The molecule has 0 heterocycles. The fourth-order valence-electron chi connectivity index (χ4n) is 1.28. The summed E-state index contributed by atoms with van der Waals surface area (Å²) in [7, 11) is 1.41. The molecule has 0 aromatic heterocycles. The van der Waals surface area contributed by atoms with E-state index in [0.717, 1.165) is 0 Å². The van der Waals surface area contributed by atoms with Crippen molar-refractivity contribution in [2.24, 2.45) is 5.73 Å². The van der Waals surface area contributed by atoms with Gasteiger partial charge >= 0.3 is 0 Å². The first-order chi connectivity index (χ1) is 7.95. The summed E-state index contributed by atoms with van der Waals surface area (Å²) < 4.78 is 29.8. The number of alkyl halides is 2. The second-order valence-electron chi connectivity index (χ2n) is 3.55. The standard InChI is InChI=1S/C11H14F2N2O2/c1-6(10(12)13)15-8-5-7(11(14)16)3-4-9(8)17-2/h3-6,10,15H,1-2H3,(H2,14,16). The van der Waals surface area contributed by atoms with Crippen LogP contribution in [0.1, 0.15) is 17.3 Å². The summed E-state index contributed by atoms with van der Waals surface area (Å²) in [5, 5.41) is 2.57. The van der Waals surface area contributed by atoms with Gasteiger partial charge in [-0.1, -0.05) is 0 Å². The molecular formula is C11H14F2N2O2. The molecule has 0 spiro atoms. The minimum atomic E-state index is -2.52. The molecule has 1 rings (SSSR count). The number of nitrogens with one attached hydrogen (secondary N) is 1. The van der Waals surface area contributed by atoms with E-state index in [1.165, 1.54) is 32.2 Å². The number of primary amides is 1. The minimum absolute atomic E-state index is 0.231. The average molecular weight is 244 g/mol. The van der Waals surface area contributed by atoms with Gasteiger partial charge in [-0.2, -0.15) is 0 Å². The van der Waals surface area contributed by atoms with Crippen molar-refractivity contribution in [1.82, 2.24) is 0 Å². The van der Waals surface area contributed by atoms with Crippen LogP contribution < -0.4 is 15.8 Å². The Labute approximate surface area is 97.8 Å². The van der Waals surface area contributed by atoms with Crippen molar-refractivity contribution in [3.63, 3.8) is 0 Å². The Morgan fingerprint density at radius 2 is 2.12 bits per heavy atom. The molecule has 0 saturated carbocycles. The predicted molar refractivity (Wildman–Crippen MR) is 60.6 cm³/mol. The lowest BCUT2D eigenvalue weighted by Crippen LogP contribution is -2.24. The van der Waals surface area contributed by atoms with Crippen LogP contribution in [0.15, 0.2) is 18.2 Å². The lowest BCUT2D eigenvalue weighted by Gasteiger charge is -2.17. The normalized spacial score (nSPS) is 12.3. The van der Waals surface area contributed by atoms with Crippen LogP contribution in [-0.2, 0) is 0 Å². The number of carbonyl (C=O) groups excluding carboxylic acids is 1. The zero-order valence-corrected chi connectivity index (χ0v) is 9.54. The van der Waals surface area contributed by atoms with Gasteiger partial charge in [0.25, 0.3) is 6.43 Å². The number of ether oxygens (including phenoxy) is 1. The number of carbonyl (C=O) groups is 1. The maximum Gasteiger partial charge on any atom is 0.258 e. The van der Waals surface area contributed by atoms with Crippen molar-refractivity contribution in [2.75, 3.05) is 12.4 Å². The lowest BCUT2D eigenvalue weighted by molar-refractivity contribution is 0.100. The van der Waals surface area contributed by atoms with E-state index in [1.54, 1.807) is 0 Å². The molecule has 3 N–H and O–H groups in total. The monoisotopic (exact) mass is 244 g/mol. The first kappa shape index (κ1) is 13.2. The Morgan fingerprint density at radius 3 is 2.59 bits per heavy atom. The Hall–Kier alpha value is -1.85. The number of rotatable bonds is 5. The minimum Gasteiger partial charge on any atom is -0.495 e. The number of benzene rings is 1. The van der Waals surface area contributed by atoms with Crippen molar-refractivity contribution in [2.45, 2.75) is 19.4 Å². The molecule has 0 aliphatic rings.